The van der Waals surface area contributed by atoms with Gasteiger partial charge in [-0.15, -0.1) is 0 Å². The first-order valence-corrected chi connectivity index (χ1v) is 11.9. The Morgan fingerprint density at radius 1 is 0.912 bits per heavy atom. The molecule has 1 aliphatic rings. The lowest BCUT2D eigenvalue weighted by Crippen LogP contribution is -2.27. The van der Waals surface area contributed by atoms with Gasteiger partial charge in [-0.3, -0.25) is 14.5 Å². The van der Waals surface area contributed by atoms with E-state index in [-0.39, 0.29) is 23.5 Å². The summed E-state index contributed by atoms with van der Waals surface area (Å²) in [6, 6.07) is 21.7. The molecule has 34 heavy (non-hydrogen) atoms. The van der Waals surface area contributed by atoms with E-state index in [1.807, 2.05) is 47.9 Å². The van der Waals surface area contributed by atoms with Crippen LogP contribution in [-0.2, 0) is 17.9 Å². The number of fused-ring (bicyclic) bond motifs is 1. The van der Waals surface area contributed by atoms with E-state index in [1.54, 1.807) is 36.4 Å². The van der Waals surface area contributed by atoms with Gasteiger partial charge in [-0.25, -0.2) is 4.39 Å². The normalized spacial score (nSPS) is 15.1. The minimum Gasteiger partial charge on any atom is -0.340 e. The number of carbonyl (C=O) groups excluding carboxylic acids is 2. The Labute approximate surface area is 205 Å². The van der Waals surface area contributed by atoms with Gasteiger partial charge in [0.2, 0.25) is 0 Å². The SMILES string of the molecule is Cc1c(/C=C2\SC(=O)N(Cc3ccccc3Cl)C2=O)c2ccccc2n1Cc1ccccc1F. The number of carbonyl (C=O) groups is 2. The molecule has 2 heterocycles. The van der Waals surface area contributed by atoms with Crippen molar-refractivity contribution in [2.45, 2.75) is 20.0 Å². The highest BCUT2D eigenvalue weighted by molar-refractivity contribution is 8.18. The van der Waals surface area contributed by atoms with E-state index < -0.39 is 0 Å². The number of halogens is 2. The Morgan fingerprint density at radius 3 is 2.35 bits per heavy atom. The summed E-state index contributed by atoms with van der Waals surface area (Å²) in [4.78, 5) is 27.4. The molecule has 170 valence electrons. The van der Waals surface area contributed by atoms with E-state index in [4.69, 9.17) is 11.6 Å². The van der Waals surface area contributed by atoms with Crippen LogP contribution in [0.2, 0.25) is 5.02 Å². The number of hydrogen-bond donors (Lipinski definition) is 0. The van der Waals surface area contributed by atoms with Crippen molar-refractivity contribution in [2.75, 3.05) is 0 Å². The Balaban J connectivity index is 1.53. The molecular weight excluding hydrogens is 471 g/mol. The summed E-state index contributed by atoms with van der Waals surface area (Å²) >= 11 is 7.15. The van der Waals surface area contributed by atoms with Gasteiger partial charge in [0.05, 0.1) is 18.0 Å². The third kappa shape index (κ3) is 4.04. The smallest absolute Gasteiger partial charge is 0.293 e. The van der Waals surface area contributed by atoms with Gasteiger partial charge in [0, 0.05) is 32.7 Å². The Morgan fingerprint density at radius 2 is 1.59 bits per heavy atom. The van der Waals surface area contributed by atoms with Crippen molar-refractivity contribution in [3.8, 4) is 0 Å². The van der Waals surface area contributed by atoms with Crippen molar-refractivity contribution in [1.82, 2.24) is 9.47 Å². The zero-order chi connectivity index (χ0) is 23.8. The standard InChI is InChI=1S/C27H20ClFN2O2S/c1-17-21(14-25-26(32)31(27(33)34-25)15-18-8-2-5-11-22(18)28)20-10-4-7-13-24(20)30(17)16-19-9-3-6-12-23(19)29/h2-14H,15-16H2,1H3/b25-14-. The summed E-state index contributed by atoms with van der Waals surface area (Å²) in [6.45, 7) is 2.43. The molecule has 5 rings (SSSR count). The molecule has 1 saturated heterocycles. The third-order valence-electron chi connectivity index (χ3n) is 6.00. The second-order valence-corrected chi connectivity index (χ2v) is 9.45. The van der Waals surface area contributed by atoms with E-state index >= 15 is 0 Å². The number of amides is 2. The predicted molar refractivity (Wildman–Crippen MR) is 135 cm³/mol. The molecule has 0 atom stereocenters. The van der Waals surface area contributed by atoms with Crippen molar-refractivity contribution in [2.24, 2.45) is 0 Å². The first-order chi connectivity index (χ1) is 16.4. The van der Waals surface area contributed by atoms with Crippen molar-refractivity contribution in [3.05, 3.63) is 111 Å². The summed E-state index contributed by atoms with van der Waals surface area (Å²) in [7, 11) is 0. The minimum absolute atomic E-state index is 0.121. The molecule has 0 radical (unpaired) electrons. The number of benzene rings is 3. The second kappa shape index (κ2) is 9.12. The highest BCUT2D eigenvalue weighted by Crippen LogP contribution is 2.37. The monoisotopic (exact) mass is 490 g/mol. The summed E-state index contributed by atoms with van der Waals surface area (Å²) in [6.07, 6.45) is 1.77. The van der Waals surface area contributed by atoms with E-state index in [2.05, 4.69) is 0 Å². The Kier molecular flexibility index (Phi) is 6.02. The number of thioether (sulfide) groups is 1. The molecule has 2 amide bonds. The molecule has 1 fully saturated rings. The topological polar surface area (TPSA) is 42.3 Å². The van der Waals surface area contributed by atoms with Crippen LogP contribution in [0.4, 0.5) is 9.18 Å². The fourth-order valence-corrected chi connectivity index (χ4v) is 5.22. The van der Waals surface area contributed by atoms with Crippen LogP contribution in [0.3, 0.4) is 0 Å². The van der Waals surface area contributed by atoms with Crippen LogP contribution in [0.1, 0.15) is 22.4 Å². The van der Waals surface area contributed by atoms with Crippen LogP contribution in [0.25, 0.3) is 17.0 Å². The van der Waals surface area contributed by atoms with Crippen molar-refractivity contribution < 1.29 is 14.0 Å². The maximum absolute atomic E-state index is 14.4. The average Bonchev–Trinajstić information content (AvgIpc) is 3.25. The molecule has 0 bridgehead atoms. The fourth-order valence-electron chi connectivity index (χ4n) is 4.21. The molecular formula is C27H20ClFN2O2S. The summed E-state index contributed by atoms with van der Waals surface area (Å²) in [5.41, 5.74) is 3.96. The zero-order valence-corrected chi connectivity index (χ0v) is 19.9. The maximum Gasteiger partial charge on any atom is 0.293 e. The summed E-state index contributed by atoms with van der Waals surface area (Å²) < 4.78 is 16.4. The van der Waals surface area contributed by atoms with Crippen LogP contribution in [0, 0.1) is 12.7 Å². The quantitative estimate of drug-likeness (QED) is 0.282. The van der Waals surface area contributed by atoms with E-state index in [1.165, 1.54) is 11.0 Å². The third-order valence-corrected chi connectivity index (χ3v) is 7.28. The zero-order valence-electron chi connectivity index (χ0n) is 18.3. The van der Waals surface area contributed by atoms with Gasteiger partial charge in [-0.1, -0.05) is 66.2 Å². The van der Waals surface area contributed by atoms with Crippen LogP contribution >= 0.6 is 23.4 Å². The number of rotatable bonds is 5. The van der Waals surface area contributed by atoms with Crippen molar-refractivity contribution in [1.29, 1.82) is 0 Å². The molecule has 7 heteroatoms. The maximum atomic E-state index is 14.4. The number of nitrogens with zero attached hydrogens (tertiary/aromatic N) is 2. The largest absolute Gasteiger partial charge is 0.340 e. The van der Waals surface area contributed by atoms with E-state index in [9.17, 15) is 14.0 Å². The molecule has 3 aromatic carbocycles. The molecule has 1 aromatic heterocycles. The van der Waals surface area contributed by atoms with Gasteiger partial charge in [-0.2, -0.15) is 0 Å². The average molecular weight is 491 g/mol. The lowest BCUT2D eigenvalue weighted by Gasteiger charge is -2.13. The highest BCUT2D eigenvalue weighted by Gasteiger charge is 2.35. The molecule has 1 aliphatic heterocycles. The second-order valence-electron chi connectivity index (χ2n) is 8.05. The van der Waals surface area contributed by atoms with Crippen molar-refractivity contribution >= 4 is 51.5 Å². The molecule has 0 unspecified atom stereocenters. The molecule has 0 saturated carbocycles. The van der Waals surface area contributed by atoms with E-state index in [0.29, 0.717) is 27.6 Å². The number of aromatic nitrogens is 1. The lowest BCUT2D eigenvalue weighted by molar-refractivity contribution is -0.123. The number of hydrogen-bond acceptors (Lipinski definition) is 3. The van der Waals surface area contributed by atoms with Crippen LogP contribution in [0.5, 0.6) is 0 Å². The van der Waals surface area contributed by atoms with Gasteiger partial charge in [0.25, 0.3) is 11.1 Å². The van der Waals surface area contributed by atoms with Gasteiger partial charge in [0.15, 0.2) is 0 Å². The van der Waals surface area contributed by atoms with Crippen molar-refractivity contribution in [3.63, 3.8) is 0 Å². The van der Waals surface area contributed by atoms with Gasteiger partial charge in [-0.05, 0) is 48.5 Å². The van der Waals surface area contributed by atoms with Gasteiger partial charge >= 0.3 is 0 Å². The first-order valence-electron chi connectivity index (χ1n) is 10.7. The lowest BCUT2D eigenvalue weighted by atomic mass is 10.1. The Hall–Kier alpha value is -3.35. The van der Waals surface area contributed by atoms with Crippen LogP contribution in [-0.4, -0.2) is 20.6 Å². The molecule has 4 aromatic rings. The highest BCUT2D eigenvalue weighted by atomic mass is 35.5. The predicted octanol–water partition coefficient (Wildman–Crippen LogP) is 7.03. The first kappa shape index (κ1) is 22.4. The number of imide groups is 1. The summed E-state index contributed by atoms with van der Waals surface area (Å²) in [5, 5.41) is 1.12. The molecule has 0 N–H and O–H groups in total. The molecule has 4 nitrogen and oxygen atoms in total. The van der Waals surface area contributed by atoms with Crippen LogP contribution < -0.4 is 0 Å². The molecule has 0 spiro atoms. The number of para-hydroxylation sites is 1. The minimum atomic E-state index is -0.347. The van der Waals surface area contributed by atoms with Gasteiger partial charge in [0.1, 0.15) is 5.82 Å². The van der Waals surface area contributed by atoms with Crippen LogP contribution in [0.15, 0.2) is 77.7 Å². The Bertz CT molecular complexity index is 1480. The summed E-state index contributed by atoms with van der Waals surface area (Å²) in [5.74, 6) is -0.609. The van der Waals surface area contributed by atoms with E-state index in [0.717, 1.165) is 33.9 Å². The van der Waals surface area contributed by atoms with Gasteiger partial charge < -0.3 is 4.57 Å². The fraction of sp³-hybridized carbons (Fsp3) is 0.111. The molecule has 0 aliphatic carbocycles.